The molecule has 0 spiro atoms. The van der Waals surface area contributed by atoms with Gasteiger partial charge in [-0.3, -0.25) is 14.5 Å². The van der Waals surface area contributed by atoms with Crippen molar-refractivity contribution in [2.45, 2.75) is 31.7 Å². The van der Waals surface area contributed by atoms with E-state index in [1.54, 1.807) is 35.2 Å². The van der Waals surface area contributed by atoms with Gasteiger partial charge in [0.1, 0.15) is 5.82 Å². The number of Topliss-reactive ketones (excluding diaryl/α,β-unsaturated/α-hetero) is 1. The number of anilines is 2. The number of carbonyl (C=O) groups is 2. The van der Waals surface area contributed by atoms with E-state index in [2.05, 4.69) is 5.32 Å². The molecule has 4 aromatic carbocycles. The van der Waals surface area contributed by atoms with Crippen LogP contribution < -0.4 is 10.2 Å². The van der Waals surface area contributed by atoms with Crippen LogP contribution in [0.15, 0.2) is 114 Å². The first-order valence-electron chi connectivity index (χ1n) is 12.8. The Hall–Kier alpha value is -4.51. The van der Waals surface area contributed by atoms with Crippen molar-refractivity contribution in [3.05, 3.63) is 142 Å². The number of halogens is 1. The molecule has 0 radical (unpaired) electrons. The molecule has 0 bridgehead atoms. The number of rotatable bonds is 3. The Bertz CT molecular complexity index is 1560. The van der Waals surface area contributed by atoms with Crippen molar-refractivity contribution in [3.8, 4) is 0 Å². The van der Waals surface area contributed by atoms with E-state index in [-0.39, 0.29) is 29.8 Å². The van der Waals surface area contributed by atoms with E-state index in [1.807, 2.05) is 73.7 Å². The Labute approximate surface area is 221 Å². The summed E-state index contributed by atoms with van der Waals surface area (Å²) in [5, 5.41) is 3.50. The topological polar surface area (TPSA) is 49.4 Å². The number of hydrogen-bond acceptors (Lipinski definition) is 3. The van der Waals surface area contributed by atoms with Gasteiger partial charge in [0.15, 0.2) is 5.78 Å². The molecule has 6 rings (SSSR count). The van der Waals surface area contributed by atoms with Crippen molar-refractivity contribution >= 4 is 23.1 Å². The van der Waals surface area contributed by atoms with Gasteiger partial charge in [-0.25, -0.2) is 4.39 Å². The minimum atomic E-state index is -0.636. The number of allylic oxidation sites excluding steroid dienone is 1. The second-order valence-electron chi connectivity index (χ2n) is 9.94. The van der Waals surface area contributed by atoms with Crippen molar-refractivity contribution in [1.82, 2.24) is 0 Å². The molecule has 188 valence electrons. The van der Waals surface area contributed by atoms with Gasteiger partial charge in [0.05, 0.1) is 17.4 Å². The predicted octanol–water partition coefficient (Wildman–Crippen LogP) is 7.35. The first-order valence-corrected chi connectivity index (χ1v) is 12.8. The van der Waals surface area contributed by atoms with Gasteiger partial charge in [-0.05, 0) is 60.7 Å². The second-order valence-corrected chi connectivity index (χ2v) is 9.94. The monoisotopic (exact) mass is 502 g/mol. The number of hydrogen-bond donors (Lipinski definition) is 1. The van der Waals surface area contributed by atoms with Crippen molar-refractivity contribution in [3.63, 3.8) is 0 Å². The number of ketones is 1. The minimum absolute atomic E-state index is 0.0868. The Morgan fingerprint density at radius 1 is 0.842 bits per heavy atom. The van der Waals surface area contributed by atoms with Crippen LogP contribution in [-0.2, 0) is 4.79 Å². The van der Waals surface area contributed by atoms with Gasteiger partial charge in [0.25, 0.3) is 5.91 Å². The third kappa shape index (κ3) is 4.20. The molecule has 2 aliphatic rings. The summed E-state index contributed by atoms with van der Waals surface area (Å²) in [5.74, 6) is -0.879. The van der Waals surface area contributed by atoms with Crippen molar-refractivity contribution < 1.29 is 14.0 Å². The largest absolute Gasteiger partial charge is 0.357 e. The van der Waals surface area contributed by atoms with E-state index in [9.17, 15) is 14.0 Å². The molecule has 0 saturated carbocycles. The van der Waals surface area contributed by atoms with Gasteiger partial charge < -0.3 is 5.32 Å². The summed E-state index contributed by atoms with van der Waals surface area (Å²) in [6.07, 6.45) is 0.638. The highest BCUT2D eigenvalue weighted by Crippen LogP contribution is 2.48. The Balaban J connectivity index is 1.57. The third-order valence-electron chi connectivity index (χ3n) is 7.47. The molecule has 0 fully saturated rings. The van der Waals surface area contributed by atoms with Crippen LogP contribution >= 0.6 is 0 Å². The van der Waals surface area contributed by atoms with E-state index in [4.69, 9.17) is 0 Å². The van der Waals surface area contributed by atoms with E-state index in [0.29, 0.717) is 28.8 Å². The quantitative estimate of drug-likeness (QED) is 0.319. The number of aryl methyl sites for hydroxylation is 1. The Morgan fingerprint density at radius 2 is 1.53 bits per heavy atom. The van der Waals surface area contributed by atoms with E-state index in [1.165, 1.54) is 6.07 Å². The van der Waals surface area contributed by atoms with Crippen LogP contribution in [0.5, 0.6) is 0 Å². The molecule has 2 atom stereocenters. The first-order chi connectivity index (χ1) is 18.5. The van der Waals surface area contributed by atoms with Crippen LogP contribution in [-0.4, -0.2) is 11.7 Å². The average molecular weight is 503 g/mol. The summed E-state index contributed by atoms with van der Waals surface area (Å²) in [6.45, 7) is 2.01. The zero-order chi connectivity index (χ0) is 26.2. The van der Waals surface area contributed by atoms with Gasteiger partial charge in [-0.1, -0.05) is 78.4 Å². The van der Waals surface area contributed by atoms with Gasteiger partial charge in [-0.2, -0.15) is 0 Å². The molecule has 38 heavy (non-hydrogen) atoms. The predicted molar refractivity (Wildman–Crippen MR) is 148 cm³/mol. The molecule has 5 heteroatoms. The molecule has 1 aliphatic carbocycles. The summed E-state index contributed by atoms with van der Waals surface area (Å²) in [4.78, 5) is 30.0. The zero-order valence-corrected chi connectivity index (χ0v) is 21.0. The highest BCUT2D eigenvalue weighted by atomic mass is 19.1. The number of nitrogens with one attached hydrogen (secondary N) is 1. The van der Waals surface area contributed by atoms with Gasteiger partial charge in [0, 0.05) is 23.3 Å². The number of para-hydroxylation sites is 2. The lowest BCUT2D eigenvalue weighted by Gasteiger charge is -2.35. The van der Waals surface area contributed by atoms with E-state index in [0.717, 1.165) is 22.5 Å². The number of nitrogens with zero attached hydrogens (tertiary/aromatic N) is 1. The van der Waals surface area contributed by atoms with Crippen LogP contribution in [0.3, 0.4) is 0 Å². The first kappa shape index (κ1) is 23.9. The molecule has 0 aromatic heterocycles. The molecule has 1 amide bonds. The maximum Gasteiger partial charge on any atom is 0.259 e. The summed E-state index contributed by atoms with van der Waals surface area (Å²) in [6, 6.07) is 30.8. The van der Waals surface area contributed by atoms with Crippen LogP contribution in [0.4, 0.5) is 15.8 Å². The lowest BCUT2D eigenvalue weighted by molar-refractivity contribution is -0.116. The molecule has 0 saturated heterocycles. The van der Waals surface area contributed by atoms with E-state index >= 15 is 0 Å². The lowest BCUT2D eigenvalue weighted by atomic mass is 9.78. The standard InChI is InChI=1S/C33H27FN2O2/c1-21-15-17-22(18-16-21)32-31-28(19-24(20-30(31)37)25-11-5-6-12-26(25)34)35-27-13-7-8-14-29(27)36(32)33(38)23-9-3-2-4-10-23/h2-18,24,32,35H,19-20H2,1H3. The lowest BCUT2D eigenvalue weighted by Crippen LogP contribution is -2.38. The highest BCUT2D eigenvalue weighted by molar-refractivity contribution is 6.12. The fraction of sp³-hybridized carbons (Fsp3) is 0.152. The fourth-order valence-electron chi connectivity index (χ4n) is 5.62. The molecule has 4 aromatic rings. The van der Waals surface area contributed by atoms with Gasteiger partial charge in [-0.15, -0.1) is 0 Å². The number of fused-ring (bicyclic) bond motifs is 1. The van der Waals surface area contributed by atoms with Crippen LogP contribution in [0.25, 0.3) is 0 Å². The SMILES string of the molecule is Cc1ccc(C2C3=C(CC(c4ccccc4F)CC3=O)Nc3ccccc3N2C(=O)c2ccccc2)cc1. The molecule has 2 unspecified atom stereocenters. The van der Waals surface area contributed by atoms with Crippen molar-refractivity contribution in [2.75, 3.05) is 10.2 Å². The number of benzene rings is 4. The summed E-state index contributed by atoms with van der Waals surface area (Å²) >= 11 is 0. The number of carbonyl (C=O) groups excluding carboxylic acids is 2. The fourth-order valence-corrected chi connectivity index (χ4v) is 5.62. The molecule has 1 N–H and O–H groups in total. The third-order valence-corrected chi connectivity index (χ3v) is 7.47. The van der Waals surface area contributed by atoms with Crippen LogP contribution in [0, 0.1) is 12.7 Å². The zero-order valence-electron chi connectivity index (χ0n) is 21.0. The Kier molecular flexibility index (Phi) is 6.12. The second kappa shape index (κ2) is 9.75. The molecule has 4 nitrogen and oxygen atoms in total. The maximum absolute atomic E-state index is 14.8. The maximum atomic E-state index is 14.8. The molecule has 1 heterocycles. The van der Waals surface area contributed by atoms with Crippen LogP contribution in [0.1, 0.15) is 51.8 Å². The summed E-state index contributed by atoms with van der Waals surface area (Å²) < 4.78 is 14.8. The average Bonchev–Trinajstić information content (AvgIpc) is 3.08. The Morgan fingerprint density at radius 3 is 2.29 bits per heavy atom. The number of amides is 1. The minimum Gasteiger partial charge on any atom is -0.357 e. The van der Waals surface area contributed by atoms with Crippen molar-refractivity contribution in [1.29, 1.82) is 0 Å². The van der Waals surface area contributed by atoms with Crippen molar-refractivity contribution in [2.24, 2.45) is 0 Å². The van der Waals surface area contributed by atoms with Gasteiger partial charge in [0.2, 0.25) is 0 Å². The van der Waals surface area contributed by atoms with E-state index < -0.39 is 6.04 Å². The molecular formula is C33H27FN2O2. The smallest absolute Gasteiger partial charge is 0.259 e. The normalized spacial score (nSPS) is 18.8. The van der Waals surface area contributed by atoms with Crippen LogP contribution in [0.2, 0.25) is 0 Å². The molecule has 1 aliphatic heterocycles. The highest BCUT2D eigenvalue weighted by Gasteiger charge is 2.42. The molecular weight excluding hydrogens is 475 g/mol. The van der Waals surface area contributed by atoms with Gasteiger partial charge >= 0.3 is 0 Å². The summed E-state index contributed by atoms with van der Waals surface area (Å²) in [5.41, 5.74) is 5.73. The summed E-state index contributed by atoms with van der Waals surface area (Å²) in [7, 11) is 0.